The SMILES string of the molecule is O=C(NCC1(c2ccccc2)CCCC1)C1CCC(=O)N(Cc2ccccn2)C1. The van der Waals surface area contributed by atoms with Crippen LogP contribution in [0.5, 0.6) is 0 Å². The van der Waals surface area contributed by atoms with Crippen molar-refractivity contribution in [2.75, 3.05) is 13.1 Å². The molecule has 1 aromatic heterocycles. The molecule has 1 saturated carbocycles. The maximum absolute atomic E-state index is 13.0. The molecule has 1 aliphatic carbocycles. The number of nitrogens with zero attached hydrogens (tertiary/aromatic N) is 2. The molecule has 2 aliphatic rings. The molecule has 152 valence electrons. The normalized spacial score (nSPS) is 21.2. The summed E-state index contributed by atoms with van der Waals surface area (Å²) in [7, 11) is 0. The summed E-state index contributed by atoms with van der Waals surface area (Å²) in [5.41, 5.74) is 2.24. The summed E-state index contributed by atoms with van der Waals surface area (Å²) in [6, 6.07) is 16.3. The number of carbonyl (C=O) groups is 2. The van der Waals surface area contributed by atoms with Crippen LogP contribution in [-0.4, -0.2) is 34.8 Å². The standard InChI is InChI=1S/C24H29N3O2/c28-22-12-11-19(16-27(22)17-21-10-4-7-15-25-21)23(29)26-18-24(13-5-6-14-24)20-8-2-1-3-9-20/h1-4,7-10,15,19H,5-6,11-14,16-18H2,(H,26,29). The highest BCUT2D eigenvalue weighted by Gasteiger charge is 2.37. The van der Waals surface area contributed by atoms with E-state index in [1.54, 1.807) is 11.1 Å². The number of amides is 2. The predicted octanol–water partition coefficient (Wildman–Crippen LogP) is 3.45. The van der Waals surface area contributed by atoms with Gasteiger partial charge in [-0.3, -0.25) is 14.6 Å². The molecule has 4 rings (SSSR count). The lowest BCUT2D eigenvalue weighted by atomic mass is 9.78. The van der Waals surface area contributed by atoms with Crippen LogP contribution >= 0.6 is 0 Å². The molecule has 2 aromatic rings. The Morgan fingerprint density at radius 3 is 2.59 bits per heavy atom. The van der Waals surface area contributed by atoms with E-state index >= 15 is 0 Å². The van der Waals surface area contributed by atoms with Crippen LogP contribution in [0.4, 0.5) is 0 Å². The lowest BCUT2D eigenvalue weighted by molar-refractivity contribution is -0.139. The van der Waals surface area contributed by atoms with E-state index in [2.05, 4.69) is 34.6 Å². The smallest absolute Gasteiger partial charge is 0.224 e. The first kappa shape index (κ1) is 19.6. The van der Waals surface area contributed by atoms with Crippen LogP contribution < -0.4 is 5.32 Å². The van der Waals surface area contributed by atoms with Crippen LogP contribution in [0.1, 0.15) is 49.8 Å². The molecule has 0 radical (unpaired) electrons. The number of benzene rings is 1. The van der Waals surface area contributed by atoms with Crippen molar-refractivity contribution in [3.8, 4) is 0 Å². The number of piperidine rings is 1. The lowest BCUT2D eigenvalue weighted by Gasteiger charge is -2.34. The number of hydrogen-bond donors (Lipinski definition) is 1. The minimum absolute atomic E-state index is 0.0506. The second kappa shape index (κ2) is 8.76. The van der Waals surface area contributed by atoms with Gasteiger partial charge in [-0.05, 0) is 37.0 Å². The molecule has 0 spiro atoms. The van der Waals surface area contributed by atoms with Crippen LogP contribution in [0, 0.1) is 5.92 Å². The molecule has 1 saturated heterocycles. The Labute approximate surface area is 172 Å². The Morgan fingerprint density at radius 2 is 1.86 bits per heavy atom. The number of likely N-dealkylation sites (tertiary alicyclic amines) is 1. The average molecular weight is 392 g/mol. The number of nitrogens with one attached hydrogen (secondary N) is 1. The van der Waals surface area contributed by atoms with Gasteiger partial charge in [0.2, 0.25) is 11.8 Å². The van der Waals surface area contributed by atoms with Crippen molar-refractivity contribution in [1.82, 2.24) is 15.2 Å². The fraction of sp³-hybridized carbons (Fsp3) is 0.458. The van der Waals surface area contributed by atoms with Gasteiger partial charge in [-0.2, -0.15) is 0 Å². The van der Waals surface area contributed by atoms with E-state index in [4.69, 9.17) is 0 Å². The summed E-state index contributed by atoms with van der Waals surface area (Å²) in [5, 5.41) is 3.24. The third-order valence-corrected chi connectivity index (χ3v) is 6.50. The highest BCUT2D eigenvalue weighted by atomic mass is 16.2. The first-order valence-electron chi connectivity index (χ1n) is 10.7. The zero-order valence-electron chi connectivity index (χ0n) is 16.8. The molecule has 1 atom stereocenters. The fourth-order valence-corrected chi connectivity index (χ4v) is 4.78. The van der Waals surface area contributed by atoms with E-state index < -0.39 is 0 Å². The zero-order chi connectivity index (χ0) is 20.1. The Kier molecular flexibility index (Phi) is 5.93. The van der Waals surface area contributed by atoms with Crippen molar-refractivity contribution >= 4 is 11.8 Å². The van der Waals surface area contributed by atoms with Crippen LogP contribution in [0.2, 0.25) is 0 Å². The summed E-state index contributed by atoms with van der Waals surface area (Å²) in [5.74, 6) is 0.0348. The Morgan fingerprint density at radius 1 is 1.10 bits per heavy atom. The first-order chi connectivity index (χ1) is 14.2. The highest BCUT2D eigenvalue weighted by Crippen LogP contribution is 2.40. The number of carbonyl (C=O) groups excluding carboxylic acids is 2. The van der Waals surface area contributed by atoms with E-state index in [9.17, 15) is 9.59 Å². The molecule has 2 amide bonds. The van der Waals surface area contributed by atoms with Gasteiger partial charge in [0.1, 0.15) is 0 Å². The van der Waals surface area contributed by atoms with E-state index in [1.165, 1.54) is 18.4 Å². The van der Waals surface area contributed by atoms with Gasteiger partial charge < -0.3 is 10.2 Å². The second-order valence-corrected chi connectivity index (χ2v) is 8.40. The van der Waals surface area contributed by atoms with Gasteiger partial charge in [-0.15, -0.1) is 0 Å². The quantitative estimate of drug-likeness (QED) is 0.820. The molecule has 5 nitrogen and oxygen atoms in total. The average Bonchev–Trinajstić information content (AvgIpc) is 3.25. The van der Waals surface area contributed by atoms with E-state index in [1.807, 2.05) is 24.3 Å². The Balaban J connectivity index is 1.38. The summed E-state index contributed by atoms with van der Waals surface area (Å²) < 4.78 is 0. The third kappa shape index (κ3) is 4.50. The van der Waals surface area contributed by atoms with Crippen molar-refractivity contribution in [3.63, 3.8) is 0 Å². The minimum Gasteiger partial charge on any atom is -0.355 e. The van der Waals surface area contributed by atoms with Crippen molar-refractivity contribution in [1.29, 1.82) is 0 Å². The number of aromatic nitrogens is 1. The van der Waals surface area contributed by atoms with Gasteiger partial charge in [0.25, 0.3) is 0 Å². The van der Waals surface area contributed by atoms with E-state index in [0.717, 1.165) is 18.5 Å². The molecule has 2 fully saturated rings. The molecule has 1 aliphatic heterocycles. The fourth-order valence-electron chi connectivity index (χ4n) is 4.78. The molecule has 29 heavy (non-hydrogen) atoms. The second-order valence-electron chi connectivity index (χ2n) is 8.40. The van der Waals surface area contributed by atoms with Crippen molar-refractivity contribution < 1.29 is 9.59 Å². The maximum atomic E-state index is 13.0. The molecular formula is C24H29N3O2. The minimum atomic E-state index is -0.148. The zero-order valence-corrected chi connectivity index (χ0v) is 16.8. The van der Waals surface area contributed by atoms with Crippen LogP contribution in [-0.2, 0) is 21.5 Å². The highest BCUT2D eigenvalue weighted by molar-refractivity contribution is 5.83. The van der Waals surface area contributed by atoms with Gasteiger partial charge in [0.05, 0.1) is 18.2 Å². The Bertz CT molecular complexity index is 832. The number of rotatable bonds is 6. The molecule has 1 N–H and O–H groups in total. The van der Waals surface area contributed by atoms with E-state index in [0.29, 0.717) is 32.5 Å². The van der Waals surface area contributed by atoms with Crippen molar-refractivity contribution in [2.24, 2.45) is 5.92 Å². The first-order valence-corrected chi connectivity index (χ1v) is 10.7. The van der Waals surface area contributed by atoms with Gasteiger partial charge >= 0.3 is 0 Å². The molecule has 2 heterocycles. The Hall–Kier alpha value is -2.69. The molecular weight excluding hydrogens is 362 g/mol. The molecule has 0 bridgehead atoms. The van der Waals surface area contributed by atoms with Crippen molar-refractivity contribution in [2.45, 2.75) is 50.5 Å². The molecule has 1 aromatic carbocycles. The molecule has 5 heteroatoms. The summed E-state index contributed by atoms with van der Waals surface area (Å²) >= 11 is 0. The van der Waals surface area contributed by atoms with Crippen LogP contribution in [0.3, 0.4) is 0 Å². The lowest BCUT2D eigenvalue weighted by Crippen LogP contribution is -2.48. The van der Waals surface area contributed by atoms with Crippen LogP contribution in [0.15, 0.2) is 54.7 Å². The summed E-state index contributed by atoms with van der Waals surface area (Å²) in [6.07, 6.45) is 7.44. The summed E-state index contributed by atoms with van der Waals surface area (Å²) in [4.78, 5) is 31.4. The van der Waals surface area contributed by atoms with Gasteiger partial charge in [0, 0.05) is 31.1 Å². The topological polar surface area (TPSA) is 62.3 Å². The number of hydrogen-bond acceptors (Lipinski definition) is 3. The van der Waals surface area contributed by atoms with Gasteiger partial charge in [-0.1, -0.05) is 49.2 Å². The predicted molar refractivity (Wildman–Crippen MR) is 112 cm³/mol. The van der Waals surface area contributed by atoms with Crippen molar-refractivity contribution in [3.05, 3.63) is 66.0 Å². The number of pyridine rings is 1. The molecule has 1 unspecified atom stereocenters. The monoisotopic (exact) mass is 391 g/mol. The van der Waals surface area contributed by atoms with E-state index in [-0.39, 0.29) is 23.1 Å². The maximum Gasteiger partial charge on any atom is 0.224 e. The van der Waals surface area contributed by atoms with Gasteiger partial charge in [0.15, 0.2) is 0 Å². The third-order valence-electron chi connectivity index (χ3n) is 6.50. The van der Waals surface area contributed by atoms with Crippen LogP contribution in [0.25, 0.3) is 0 Å². The largest absolute Gasteiger partial charge is 0.355 e. The summed E-state index contributed by atoms with van der Waals surface area (Å²) in [6.45, 7) is 1.62. The van der Waals surface area contributed by atoms with Gasteiger partial charge in [-0.25, -0.2) is 0 Å².